The standard InChI is InChI=1S/C22H28N2O3/c1-4-9-21(25)24(16-18-12-8-13-19(14-18)27-3)20(22(26)23-2)15-17-10-6-5-7-11-17/h5-8,10-14,20H,4,9,15-16H2,1-3H3,(H,23,26)/t20-/m1/s1. The number of nitrogens with one attached hydrogen (secondary N) is 1. The molecular weight excluding hydrogens is 340 g/mol. The van der Waals surface area contributed by atoms with Crippen molar-refractivity contribution in [1.82, 2.24) is 10.2 Å². The zero-order chi connectivity index (χ0) is 19.6. The third-order valence-corrected chi connectivity index (χ3v) is 4.47. The van der Waals surface area contributed by atoms with E-state index in [1.807, 2.05) is 61.5 Å². The maximum atomic E-state index is 12.9. The van der Waals surface area contributed by atoms with Crippen LogP contribution in [0.3, 0.4) is 0 Å². The van der Waals surface area contributed by atoms with Crippen molar-refractivity contribution in [2.45, 2.75) is 38.8 Å². The number of benzene rings is 2. The van der Waals surface area contributed by atoms with E-state index >= 15 is 0 Å². The molecule has 2 aromatic carbocycles. The molecule has 0 aliphatic rings. The minimum atomic E-state index is -0.567. The second kappa shape index (κ2) is 10.4. The molecule has 0 aromatic heterocycles. The van der Waals surface area contributed by atoms with Crippen molar-refractivity contribution in [2.75, 3.05) is 14.2 Å². The molecule has 0 spiro atoms. The molecule has 0 saturated heterocycles. The third-order valence-electron chi connectivity index (χ3n) is 4.47. The van der Waals surface area contributed by atoms with E-state index < -0.39 is 6.04 Å². The average molecular weight is 368 g/mol. The van der Waals surface area contributed by atoms with Gasteiger partial charge in [-0.25, -0.2) is 0 Å². The van der Waals surface area contributed by atoms with E-state index in [-0.39, 0.29) is 11.8 Å². The van der Waals surface area contributed by atoms with Crippen molar-refractivity contribution in [3.63, 3.8) is 0 Å². The van der Waals surface area contributed by atoms with Gasteiger partial charge in [-0.2, -0.15) is 0 Å². The average Bonchev–Trinajstić information content (AvgIpc) is 2.71. The monoisotopic (exact) mass is 368 g/mol. The maximum absolute atomic E-state index is 12.9. The number of likely N-dealkylation sites (N-methyl/N-ethyl adjacent to an activating group) is 1. The normalized spacial score (nSPS) is 11.5. The number of nitrogens with zero attached hydrogens (tertiary/aromatic N) is 1. The molecule has 0 radical (unpaired) electrons. The highest BCUT2D eigenvalue weighted by molar-refractivity contribution is 5.87. The second-order valence-corrected chi connectivity index (χ2v) is 6.44. The fourth-order valence-corrected chi connectivity index (χ4v) is 3.05. The van der Waals surface area contributed by atoms with Gasteiger partial charge in [0.05, 0.1) is 7.11 Å². The first-order valence-electron chi connectivity index (χ1n) is 9.27. The predicted octanol–water partition coefficient (Wildman–Crippen LogP) is 3.18. The third kappa shape index (κ3) is 5.84. The van der Waals surface area contributed by atoms with Crippen molar-refractivity contribution in [3.05, 3.63) is 65.7 Å². The molecule has 2 aromatic rings. The number of amides is 2. The summed E-state index contributed by atoms with van der Waals surface area (Å²) in [6, 6.07) is 16.8. The first-order valence-corrected chi connectivity index (χ1v) is 9.27. The Hall–Kier alpha value is -2.82. The van der Waals surface area contributed by atoms with Crippen LogP contribution in [0.1, 0.15) is 30.9 Å². The van der Waals surface area contributed by atoms with E-state index in [9.17, 15) is 9.59 Å². The number of hydrogen-bond acceptors (Lipinski definition) is 3. The summed E-state index contributed by atoms with van der Waals surface area (Å²) < 4.78 is 5.29. The molecule has 27 heavy (non-hydrogen) atoms. The zero-order valence-electron chi connectivity index (χ0n) is 16.3. The summed E-state index contributed by atoms with van der Waals surface area (Å²) in [7, 11) is 3.22. The van der Waals surface area contributed by atoms with E-state index in [1.165, 1.54) is 0 Å². The molecule has 0 saturated carbocycles. The largest absolute Gasteiger partial charge is 0.497 e. The SMILES string of the molecule is CCCC(=O)N(Cc1cccc(OC)c1)[C@H](Cc1ccccc1)C(=O)NC. The zero-order valence-corrected chi connectivity index (χ0v) is 16.3. The molecular formula is C22H28N2O3. The number of rotatable bonds is 9. The maximum Gasteiger partial charge on any atom is 0.242 e. The summed E-state index contributed by atoms with van der Waals surface area (Å²) in [5.74, 6) is 0.547. The van der Waals surface area contributed by atoms with Gasteiger partial charge >= 0.3 is 0 Å². The highest BCUT2D eigenvalue weighted by Crippen LogP contribution is 2.19. The summed E-state index contributed by atoms with van der Waals surface area (Å²) in [4.78, 5) is 27.2. The first kappa shape index (κ1) is 20.5. The van der Waals surface area contributed by atoms with Gasteiger partial charge in [0, 0.05) is 26.4 Å². The van der Waals surface area contributed by atoms with Crippen LogP contribution in [0.5, 0.6) is 5.75 Å². The van der Waals surface area contributed by atoms with Crippen molar-refractivity contribution < 1.29 is 14.3 Å². The van der Waals surface area contributed by atoms with Gasteiger partial charge < -0.3 is 15.0 Å². The number of carbonyl (C=O) groups excluding carboxylic acids is 2. The molecule has 0 bridgehead atoms. The summed E-state index contributed by atoms with van der Waals surface area (Å²) in [6.45, 7) is 2.33. The van der Waals surface area contributed by atoms with Gasteiger partial charge in [-0.3, -0.25) is 9.59 Å². The van der Waals surface area contributed by atoms with Gasteiger partial charge in [0.15, 0.2) is 0 Å². The van der Waals surface area contributed by atoms with Crippen LogP contribution in [-0.4, -0.2) is 36.9 Å². The number of carbonyl (C=O) groups is 2. The van der Waals surface area contributed by atoms with Gasteiger partial charge in [-0.1, -0.05) is 49.4 Å². The van der Waals surface area contributed by atoms with Gasteiger partial charge in [-0.15, -0.1) is 0 Å². The highest BCUT2D eigenvalue weighted by Gasteiger charge is 2.29. The summed E-state index contributed by atoms with van der Waals surface area (Å²) in [5, 5.41) is 2.71. The quantitative estimate of drug-likeness (QED) is 0.740. The number of hydrogen-bond donors (Lipinski definition) is 1. The van der Waals surface area contributed by atoms with Crippen LogP contribution < -0.4 is 10.1 Å². The van der Waals surface area contributed by atoms with Crippen LogP contribution >= 0.6 is 0 Å². The Morgan fingerprint density at radius 2 is 1.78 bits per heavy atom. The predicted molar refractivity (Wildman–Crippen MR) is 106 cm³/mol. The topological polar surface area (TPSA) is 58.6 Å². The Kier molecular flexibility index (Phi) is 7.86. The Bertz CT molecular complexity index is 746. The van der Waals surface area contributed by atoms with Crippen molar-refractivity contribution >= 4 is 11.8 Å². The van der Waals surface area contributed by atoms with Crippen LogP contribution in [0, 0.1) is 0 Å². The minimum absolute atomic E-state index is 0.0233. The molecule has 0 fully saturated rings. The molecule has 5 heteroatoms. The Balaban J connectivity index is 2.34. The van der Waals surface area contributed by atoms with E-state index in [2.05, 4.69) is 5.32 Å². The van der Waals surface area contributed by atoms with E-state index in [1.54, 1.807) is 19.1 Å². The lowest BCUT2D eigenvalue weighted by atomic mass is 10.0. The lowest BCUT2D eigenvalue weighted by Crippen LogP contribution is -2.49. The highest BCUT2D eigenvalue weighted by atomic mass is 16.5. The Morgan fingerprint density at radius 1 is 1.07 bits per heavy atom. The van der Waals surface area contributed by atoms with Crippen LogP contribution in [0.4, 0.5) is 0 Å². The number of methoxy groups -OCH3 is 1. The summed E-state index contributed by atoms with van der Waals surface area (Å²) in [6.07, 6.45) is 1.62. The van der Waals surface area contributed by atoms with E-state index in [4.69, 9.17) is 4.74 Å². The van der Waals surface area contributed by atoms with E-state index in [0.717, 1.165) is 23.3 Å². The van der Waals surface area contributed by atoms with Gasteiger partial charge in [0.2, 0.25) is 11.8 Å². The van der Waals surface area contributed by atoms with Crippen molar-refractivity contribution in [1.29, 1.82) is 0 Å². The second-order valence-electron chi connectivity index (χ2n) is 6.44. The van der Waals surface area contributed by atoms with Crippen LogP contribution in [-0.2, 0) is 22.6 Å². The van der Waals surface area contributed by atoms with Gasteiger partial charge in [0.25, 0.3) is 0 Å². The van der Waals surface area contributed by atoms with E-state index in [0.29, 0.717) is 19.4 Å². The lowest BCUT2D eigenvalue weighted by molar-refractivity contribution is -0.141. The number of ether oxygens (including phenoxy) is 1. The molecule has 0 aliphatic heterocycles. The molecule has 2 amide bonds. The van der Waals surface area contributed by atoms with Crippen LogP contribution in [0.25, 0.3) is 0 Å². The Labute approximate surface area is 161 Å². The Morgan fingerprint density at radius 3 is 2.41 bits per heavy atom. The van der Waals surface area contributed by atoms with Crippen molar-refractivity contribution in [3.8, 4) is 5.75 Å². The van der Waals surface area contributed by atoms with Crippen LogP contribution in [0.15, 0.2) is 54.6 Å². The molecule has 5 nitrogen and oxygen atoms in total. The molecule has 0 unspecified atom stereocenters. The molecule has 2 rings (SSSR count). The smallest absolute Gasteiger partial charge is 0.242 e. The summed E-state index contributed by atoms with van der Waals surface area (Å²) in [5.41, 5.74) is 1.95. The first-order chi connectivity index (χ1) is 13.1. The lowest BCUT2D eigenvalue weighted by Gasteiger charge is -2.31. The fourth-order valence-electron chi connectivity index (χ4n) is 3.05. The van der Waals surface area contributed by atoms with Crippen molar-refractivity contribution in [2.24, 2.45) is 0 Å². The molecule has 144 valence electrons. The summed E-state index contributed by atoms with van der Waals surface area (Å²) >= 11 is 0. The fraction of sp³-hybridized carbons (Fsp3) is 0.364. The van der Waals surface area contributed by atoms with Crippen LogP contribution in [0.2, 0.25) is 0 Å². The molecule has 0 aliphatic carbocycles. The molecule has 0 heterocycles. The van der Waals surface area contributed by atoms with Gasteiger partial charge in [0.1, 0.15) is 11.8 Å². The minimum Gasteiger partial charge on any atom is -0.497 e. The molecule has 1 atom stereocenters. The molecule has 1 N–H and O–H groups in total. The van der Waals surface area contributed by atoms with Gasteiger partial charge in [-0.05, 0) is 29.7 Å².